The Labute approximate surface area is 181 Å². The van der Waals surface area contributed by atoms with E-state index in [1.807, 2.05) is 0 Å². The van der Waals surface area contributed by atoms with Gasteiger partial charge in [0.25, 0.3) is 11.8 Å². The van der Waals surface area contributed by atoms with E-state index in [0.29, 0.717) is 0 Å². The second-order valence-electron chi connectivity index (χ2n) is 7.26. The number of esters is 1. The topological polar surface area (TPSA) is 85.7 Å². The van der Waals surface area contributed by atoms with Crippen molar-refractivity contribution in [2.75, 3.05) is 13.2 Å². The molecule has 0 unspecified atom stereocenters. The first-order valence-corrected chi connectivity index (χ1v) is 9.49. The summed E-state index contributed by atoms with van der Waals surface area (Å²) in [6, 6.07) is 5.14. The van der Waals surface area contributed by atoms with Gasteiger partial charge < -0.3 is 9.30 Å². The highest BCUT2D eigenvalue weighted by Gasteiger charge is 2.35. The number of nitrogens with zero attached hydrogens (tertiary/aromatic N) is 2. The van der Waals surface area contributed by atoms with Crippen LogP contribution in [0.3, 0.4) is 0 Å². The normalized spacial score (nSPS) is 13.3. The number of ketones is 1. The second kappa shape index (κ2) is 8.45. The van der Waals surface area contributed by atoms with Crippen molar-refractivity contribution in [1.29, 1.82) is 0 Å². The Hall–Kier alpha value is -3.69. The molecule has 7 nitrogen and oxygen atoms in total. The SMILES string of the molecule is C=CCN1C(=O)c2ccc(C(=O)OCC(=O)c3cc(C)n(CC(F)(F)F)c3C)cc2C1=O. The van der Waals surface area contributed by atoms with Crippen molar-refractivity contribution in [3.05, 3.63) is 70.6 Å². The molecule has 1 aromatic heterocycles. The fourth-order valence-electron chi connectivity index (χ4n) is 3.51. The summed E-state index contributed by atoms with van der Waals surface area (Å²) >= 11 is 0. The molecule has 0 spiro atoms. The van der Waals surface area contributed by atoms with Crippen LogP contribution in [-0.2, 0) is 11.3 Å². The van der Waals surface area contributed by atoms with Gasteiger partial charge in [-0.15, -0.1) is 6.58 Å². The van der Waals surface area contributed by atoms with Crippen molar-refractivity contribution in [2.24, 2.45) is 0 Å². The quantitative estimate of drug-likeness (QED) is 0.280. The monoisotopic (exact) mass is 448 g/mol. The van der Waals surface area contributed by atoms with Gasteiger partial charge in [0, 0.05) is 23.5 Å². The molecule has 1 aromatic carbocycles. The second-order valence-corrected chi connectivity index (χ2v) is 7.26. The molecule has 2 amide bonds. The van der Waals surface area contributed by atoms with Crippen LogP contribution >= 0.6 is 0 Å². The molecule has 0 aliphatic carbocycles. The van der Waals surface area contributed by atoms with Gasteiger partial charge in [-0.3, -0.25) is 19.3 Å². The largest absolute Gasteiger partial charge is 0.454 e. The van der Waals surface area contributed by atoms with Gasteiger partial charge in [0.05, 0.1) is 16.7 Å². The van der Waals surface area contributed by atoms with Gasteiger partial charge >= 0.3 is 12.1 Å². The number of aryl methyl sites for hydroxylation is 1. The number of imide groups is 1. The smallest absolute Gasteiger partial charge is 0.406 e. The molecule has 3 rings (SSSR count). The highest BCUT2D eigenvalue weighted by molar-refractivity contribution is 6.22. The average Bonchev–Trinajstić information content (AvgIpc) is 3.13. The molecule has 1 aliphatic heterocycles. The van der Waals surface area contributed by atoms with E-state index in [-0.39, 0.29) is 40.2 Å². The summed E-state index contributed by atoms with van der Waals surface area (Å²) in [6.07, 6.45) is -3.05. The van der Waals surface area contributed by atoms with E-state index in [2.05, 4.69) is 6.58 Å². The van der Waals surface area contributed by atoms with Crippen LogP contribution in [-0.4, -0.2) is 52.4 Å². The molecule has 0 atom stereocenters. The van der Waals surface area contributed by atoms with Crippen molar-refractivity contribution in [1.82, 2.24) is 9.47 Å². The van der Waals surface area contributed by atoms with Crippen LogP contribution in [0.4, 0.5) is 13.2 Å². The molecule has 10 heteroatoms. The Morgan fingerprint density at radius 1 is 1.09 bits per heavy atom. The number of carbonyl (C=O) groups excluding carboxylic acids is 4. The highest BCUT2D eigenvalue weighted by atomic mass is 19.4. The van der Waals surface area contributed by atoms with Crippen LogP contribution in [0.1, 0.15) is 52.8 Å². The average molecular weight is 448 g/mol. The molecule has 2 aromatic rings. The molecule has 32 heavy (non-hydrogen) atoms. The number of benzene rings is 1. The van der Waals surface area contributed by atoms with E-state index in [1.54, 1.807) is 0 Å². The van der Waals surface area contributed by atoms with Gasteiger partial charge in [-0.25, -0.2) is 4.79 Å². The molecular formula is C22H19F3N2O5. The van der Waals surface area contributed by atoms with E-state index < -0.39 is 42.9 Å². The Balaban J connectivity index is 1.72. The number of fused-ring (bicyclic) bond motifs is 1. The summed E-state index contributed by atoms with van der Waals surface area (Å²) in [5.74, 6) is -2.65. The number of hydrogen-bond donors (Lipinski definition) is 0. The summed E-state index contributed by atoms with van der Waals surface area (Å²) in [4.78, 5) is 50.4. The molecule has 2 heterocycles. The predicted octanol–water partition coefficient (Wildman–Crippen LogP) is 3.49. The zero-order chi connectivity index (χ0) is 23.8. The summed E-state index contributed by atoms with van der Waals surface area (Å²) in [5.41, 5.74) is 0.523. The molecule has 0 saturated heterocycles. The lowest BCUT2D eigenvalue weighted by Crippen LogP contribution is -2.29. The molecule has 0 radical (unpaired) electrons. The van der Waals surface area contributed by atoms with Crippen LogP contribution in [0.25, 0.3) is 0 Å². The maximum Gasteiger partial charge on any atom is 0.406 e. The Bertz CT molecular complexity index is 1150. The molecule has 0 bridgehead atoms. The number of amides is 2. The molecular weight excluding hydrogens is 429 g/mol. The number of rotatable bonds is 7. The van der Waals surface area contributed by atoms with Crippen molar-refractivity contribution in [2.45, 2.75) is 26.6 Å². The molecule has 0 fully saturated rings. The number of carbonyl (C=O) groups is 4. The molecule has 168 valence electrons. The standard InChI is InChI=1S/C22H19F3N2O5/c1-4-7-26-19(29)15-6-5-14(9-17(15)20(26)30)21(31)32-10-18(28)16-8-12(2)27(13(16)3)11-22(23,24)25/h4-6,8-9H,1,7,10-11H2,2-3H3. The van der Waals surface area contributed by atoms with Gasteiger partial charge in [0.2, 0.25) is 5.78 Å². The van der Waals surface area contributed by atoms with E-state index in [1.165, 1.54) is 44.2 Å². The Morgan fingerprint density at radius 3 is 2.38 bits per heavy atom. The minimum absolute atomic E-state index is 0.0212. The van der Waals surface area contributed by atoms with E-state index in [0.717, 1.165) is 9.47 Å². The minimum Gasteiger partial charge on any atom is -0.454 e. The predicted molar refractivity (Wildman–Crippen MR) is 107 cm³/mol. The van der Waals surface area contributed by atoms with Gasteiger partial charge in [-0.2, -0.15) is 13.2 Å². The van der Waals surface area contributed by atoms with Crippen LogP contribution in [0.15, 0.2) is 36.9 Å². The lowest BCUT2D eigenvalue weighted by molar-refractivity contribution is -0.141. The number of ether oxygens (including phenoxy) is 1. The number of hydrogen-bond acceptors (Lipinski definition) is 5. The van der Waals surface area contributed by atoms with E-state index >= 15 is 0 Å². The lowest BCUT2D eigenvalue weighted by atomic mass is 10.1. The van der Waals surface area contributed by atoms with E-state index in [4.69, 9.17) is 4.74 Å². The van der Waals surface area contributed by atoms with Crippen molar-refractivity contribution >= 4 is 23.6 Å². The van der Waals surface area contributed by atoms with Crippen LogP contribution < -0.4 is 0 Å². The zero-order valence-electron chi connectivity index (χ0n) is 17.3. The minimum atomic E-state index is -4.45. The molecule has 0 saturated carbocycles. The third kappa shape index (κ3) is 4.34. The van der Waals surface area contributed by atoms with Crippen LogP contribution in [0.5, 0.6) is 0 Å². The number of alkyl halides is 3. The fraction of sp³-hybridized carbons (Fsp3) is 0.273. The van der Waals surface area contributed by atoms with Crippen molar-refractivity contribution in [3.8, 4) is 0 Å². The van der Waals surface area contributed by atoms with Crippen LogP contribution in [0.2, 0.25) is 0 Å². The number of Topliss-reactive ketones (excluding diaryl/α,β-unsaturated/α-hetero) is 1. The Morgan fingerprint density at radius 2 is 1.75 bits per heavy atom. The zero-order valence-corrected chi connectivity index (χ0v) is 17.3. The molecule has 1 aliphatic rings. The number of aromatic nitrogens is 1. The molecule has 0 N–H and O–H groups in total. The third-order valence-electron chi connectivity index (χ3n) is 5.06. The van der Waals surface area contributed by atoms with Crippen molar-refractivity contribution in [3.63, 3.8) is 0 Å². The van der Waals surface area contributed by atoms with Gasteiger partial charge in [0.1, 0.15) is 6.54 Å². The van der Waals surface area contributed by atoms with Crippen LogP contribution in [0, 0.1) is 13.8 Å². The first-order chi connectivity index (χ1) is 14.9. The maximum absolute atomic E-state index is 12.7. The summed E-state index contributed by atoms with van der Waals surface area (Å²) in [6.45, 7) is 4.41. The van der Waals surface area contributed by atoms with Gasteiger partial charge in [-0.1, -0.05) is 6.08 Å². The maximum atomic E-state index is 12.7. The van der Waals surface area contributed by atoms with Crippen molar-refractivity contribution < 1.29 is 37.1 Å². The summed E-state index contributed by atoms with van der Waals surface area (Å²) in [7, 11) is 0. The van der Waals surface area contributed by atoms with E-state index in [9.17, 15) is 32.3 Å². The van der Waals surface area contributed by atoms with Gasteiger partial charge in [-0.05, 0) is 38.1 Å². The highest BCUT2D eigenvalue weighted by Crippen LogP contribution is 2.25. The number of halogens is 3. The first-order valence-electron chi connectivity index (χ1n) is 9.49. The summed E-state index contributed by atoms with van der Waals surface area (Å²) in [5, 5.41) is 0. The Kier molecular flexibility index (Phi) is 6.07. The lowest BCUT2D eigenvalue weighted by Gasteiger charge is -2.12. The first kappa shape index (κ1) is 23.0. The third-order valence-corrected chi connectivity index (χ3v) is 5.06. The van der Waals surface area contributed by atoms with Gasteiger partial charge in [0.15, 0.2) is 6.61 Å². The summed E-state index contributed by atoms with van der Waals surface area (Å²) < 4.78 is 44.2. The fourth-order valence-corrected chi connectivity index (χ4v) is 3.51.